The summed E-state index contributed by atoms with van der Waals surface area (Å²) in [5.74, 6) is 1.80. The summed E-state index contributed by atoms with van der Waals surface area (Å²) in [4.78, 5) is 19.8. The Morgan fingerprint density at radius 3 is 1.56 bits per heavy atom. The van der Waals surface area contributed by atoms with Crippen LogP contribution in [0, 0.1) is 0 Å². The fraction of sp³-hybridized carbons (Fsp3) is 0. The molecular weight excluding hydrogens is 528 g/mol. The molecule has 9 aromatic rings. The minimum Gasteiger partial charge on any atom is -0.438 e. The van der Waals surface area contributed by atoms with Crippen molar-refractivity contribution in [3.8, 4) is 34.2 Å². The van der Waals surface area contributed by atoms with Crippen molar-refractivity contribution >= 4 is 54.4 Å². The zero-order valence-electron chi connectivity index (χ0n) is 22.9. The van der Waals surface area contributed by atoms with E-state index in [9.17, 15) is 0 Å². The molecule has 0 saturated carbocycles. The van der Waals surface area contributed by atoms with Crippen LogP contribution in [0.1, 0.15) is 0 Å². The van der Waals surface area contributed by atoms with Crippen LogP contribution in [0.3, 0.4) is 0 Å². The Labute approximate surface area is 246 Å². The lowest BCUT2D eigenvalue weighted by molar-refractivity contribution is 0.654. The van der Waals surface area contributed by atoms with E-state index < -0.39 is 0 Å². The molecule has 6 aromatic carbocycles. The molecular formula is C38H22N4O. The smallest absolute Gasteiger partial charge is 0.228 e. The first-order chi connectivity index (χ1) is 21.3. The van der Waals surface area contributed by atoms with Crippen LogP contribution in [0.5, 0.6) is 0 Å². The quantitative estimate of drug-likeness (QED) is 0.219. The second-order valence-electron chi connectivity index (χ2n) is 10.8. The fourth-order valence-corrected chi connectivity index (χ4v) is 5.98. The molecule has 0 spiro atoms. The van der Waals surface area contributed by atoms with Crippen LogP contribution in [0.2, 0.25) is 0 Å². The molecule has 0 atom stereocenters. The zero-order chi connectivity index (χ0) is 28.3. The maximum Gasteiger partial charge on any atom is 0.228 e. The SMILES string of the molecule is c1ccc2cc(-c3nc(-c4ccc5ccccc5c4)nc(-c4ccnc5oc6cc7ccccc7cc6c45)n3)ccc2c1. The van der Waals surface area contributed by atoms with Crippen molar-refractivity contribution < 1.29 is 4.42 Å². The average molecular weight is 551 g/mol. The van der Waals surface area contributed by atoms with Crippen LogP contribution in [0.15, 0.2) is 138 Å². The van der Waals surface area contributed by atoms with E-state index in [1.807, 2.05) is 42.5 Å². The Morgan fingerprint density at radius 1 is 0.442 bits per heavy atom. The molecule has 43 heavy (non-hydrogen) atoms. The van der Waals surface area contributed by atoms with Crippen LogP contribution in [-0.4, -0.2) is 19.9 Å². The van der Waals surface area contributed by atoms with E-state index in [0.29, 0.717) is 23.2 Å². The van der Waals surface area contributed by atoms with E-state index in [0.717, 1.165) is 54.6 Å². The van der Waals surface area contributed by atoms with Gasteiger partial charge in [0.05, 0.1) is 5.39 Å². The maximum atomic E-state index is 6.27. The highest BCUT2D eigenvalue weighted by Gasteiger charge is 2.19. The van der Waals surface area contributed by atoms with E-state index >= 15 is 0 Å². The molecule has 0 radical (unpaired) electrons. The number of aromatic nitrogens is 4. The largest absolute Gasteiger partial charge is 0.438 e. The molecule has 3 aromatic heterocycles. The molecule has 5 nitrogen and oxygen atoms in total. The molecule has 0 aliphatic carbocycles. The minimum absolute atomic E-state index is 0.558. The predicted octanol–water partition coefficient (Wildman–Crippen LogP) is 9.63. The third kappa shape index (κ3) is 3.94. The van der Waals surface area contributed by atoms with E-state index in [1.54, 1.807) is 6.20 Å². The Hall–Kier alpha value is -5.94. The van der Waals surface area contributed by atoms with Gasteiger partial charge in [-0.15, -0.1) is 0 Å². The molecule has 0 aliphatic heterocycles. The molecule has 0 bridgehead atoms. The van der Waals surface area contributed by atoms with E-state index in [4.69, 9.17) is 19.4 Å². The lowest BCUT2D eigenvalue weighted by atomic mass is 10.0. The molecule has 0 saturated heterocycles. The minimum atomic E-state index is 0.558. The highest BCUT2D eigenvalue weighted by molar-refractivity contribution is 6.14. The first kappa shape index (κ1) is 23.7. The standard InChI is InChI=1S/C38H22N4O/c1-3-9-25-19-29(15-13-23(25)7-1)35-40-36(30-16-14-24-8-2-4-10-26(24)20-30)42-37(41-35)31-17-18-39-38-34(31)32-21-27-11-5-6-12-28(27)22-33(32)43-38/h1-22H. The molecule has 0 unspecified atom stereocenters. The summed E-state index contributed by atoms with van der Waals surface area (Å²) < 4.78 is 6.27. The van der Waals surface area contributed by atoms with Gasteiger partial charge in [0.1, 0.15) is 5.58 Å². The van der Waals surface area contributed by atoms with Gasteiger partial charge in [-0.25, -0.2) is 19.9 Å². The van der Waals surface area contributed by atoms with Crippen LogP contribution < -0.4 is 0 Å². The van der Waals surface area contributed by atoms with Crippen LogP contribution in [0.4, 0.5) is 0 Å². The summed E-state index contributed by atoms with van der Waals surface area (Å²) in [6.45, 7) is 0. The third-order valence-electron chi connectivity index (χ3n) is 8.13. The number of rotatable bonds is 3. The summed E-state index contributed by atoms with van der Waals surface area (Å²) in [7, 11) is 0. The van der Waals surface area contributed by atoms with Gasteiger partial charge in [-0.2, -0.15) is 0 Å². The molecule has 0 fully saturated rings. The van der Waals surface area contributed by atoms with Crippen molar-refractivity contribution in [3.05, 3.63) is 134 Å². The monoisotopic (exact) mass is 550 g/mol. The number of furan rings is 1. The molecule has 0 N–H and O–H groups in total. The lowest BCUT2D eigenvalue weighted by Crippen LogP contribution is -2.00. The Bertz CT molecular complexity index is 2430. The summed E-state index contributed by atoms with van der Waals surface area (Å²) in [6.07, 6.45) is 1.76. The molecule has 3 heterocycles. The number of benzene rings is 6. The highest BCUT2D eigenvalue weighted by Crippen LogP contribution is 2.37. The summed E-state index contributed by atoms with van der Waals surface area (Å²) in [5.41, 5.74) is 4.05. The van der Waals surface area contributed by atoms with Crippen molar-refractivity contribution in [1.29, 1.82) is 0 Å². The molecule has 200 valence electrons. The third-order valence-corrected chi connectivity index (χ3v) is 8.13. The van der Waals surface area contributed by atoms with Crippen molar-refractivity contribution in [3.63, 3.8) is 0 Å². The lowest BCUT2D eigenvalue weighted by Gasteiger charge is -2.10. The van der Waals surface area contributed by atoms with Gasteiger partial charge in [0.2, 0.25) is 5.71 Å². The summed E-state index contributed by atoms with van der Waals surface area (Å²) in [6, 6.07) is 43.8. The number of nitrogens with zero attached hydrogens (tertiary/aromatic N) is 4. The zero-order valence-corrected chi connectivity index (χ0v) is 22.9. The molecule has 5 heteroatoms. The van der Waals surface area contributed by atoms with Crippen molar-refractivity contribution in [2.24, 2.45) is 0 Å². The van der Waals surface area contributed by atoms with Gasteiger partial charge in [-0.3, -0.25) is 0 Å². The van der Waals surface area contributed by atoms with E-state index in [2.05, 4.69) is 89.9 Å². The molecule has 0 aliphatic rings. The van der Waals surface area contributed by atoms with Crippen molar-refractivity contribution in [2.75, 3.05) is 0 Å². The highest BCUT2D eigenvalue weighted by atomic mass is 16.3. The van der Waals surface area contributed by atoms with Gasteiger partial charge >= 0.3 is 0 Å². The number of hydrogen-bond acceptors (Lipinski definition) is 5. The number of pyridine rings is 1. The fourth-order valence-electron chi connectivity index (χ4n) is 5.98. The Kier molecular flexibility index (Phi) is 5.13. The topological polar surface area (TPSA) is 64.7 Å². The average Bonchev–Trinajstić information content (AvgIpc) is 3.44. The molecule has 9 rings (SSSR count). The van der Waals surface area contributed by atoms with E-state index in [1.165, 1.54) is 10.8 Å². The van der Waals surface area contributed by atoms with Crippen molar-refractivity contribution in [2.45, 2.75) is 0 Å². The summed E-state index contributed by atoms with van der Waals surface area (Å²) in [5, 5.41) is 8.73. The summed E-state index contributed by atoms with van der Waals surface area (Å²) >= 11 is 0. The van der Waals surface area contributed by atoms with Gasteiger partial charge in [-0.1, -0.05) is 97.1 Å². The second-order valence-corrected chi connectivity index (χ2v) is 10.8. The van der Waals surface area contributed by atoms with Crippen molar-refractivity contribution in [1.82, 2.24) is 19.9 Å². The Balaban J connectivity index is 1.32. The van der Waals surface area contributed by atoms with Crippen LogP contribution >= 0.6 is 0 Å². The number of hydrogen-bond donors (Lipinski definition) is 0. The van der Waals surface area contributed by atoms with Gasteiger partial charge in [0.15, 0.2) is 17.5 Å². The van der Waals surface area contributed by atoms with Gasteiger partial charge in [-0.05, 0) is 62.6 Å². The maximum absolute atomic E-state index is 6.27. The normalized spacial score (nSPS) is 11.7. The van der Waals surface area contributed by atoms with Crippen LogP contribution in [0.25, 0.3) is 88.5 Å². The van der Waals surface area contributed by atoms with Crippen LogP contribution in [-0.2, 0) is 0 Å². The number of fused-ring (bicyclic) bond motifs is 6. The Morgan fingerprint density at radius 2 is 0.953 bits per heavy atom. The van der Waals surface area contributed by atoms with Gasteiger partial charge < -0.3 is 4.42 Å². The predicted molar refractivity (Wildman–Crippen MR) is 174 cm³/mol. The molecule has 0 amide bonds. The first-order valence-electron chi connectivity index (χ1n) is 14.2. The second kappa shape index (κ2) is 9.29. The van der Waals surface area contributed by atoms with Gasteiger partial charge in [0, 0.05) is 28.3 Å². The van der Waals surface area contributed by atoms with Gasteiger partial charge in [0.25, 0.3) is 0 Å². The van der Waals surface area contributed by atoms with E-state index in [-0.39, 0.29) is 0 Å². The first-order valence-corrected chi connectivity index (χ1v) is 14.2.